The first-order valence-corrected chi connectivity index (χ1v) is 7.16. The van der Waals surface area contributed by atoms with Gasteiger partial charge in [-0.3, -0.25) is 9.59 Å². The molecule has 0 saturated carbocycles. The quantitative estimate of drug-likeness (QED) is 0.415. The smallest absolute Gasteiger partial charge is 0.328 e. The van der Waals surface area contributed by atoms with Crippen molar-refractivity contribution in [3.63, 3.8) is 0 Å². The van der Waals surface area contributed by atoms with Gasteiger partial charge in [-0.15, -0.1) is 11.8 Å². The van der Waals surface area contributed by atoms with Gasteiger partial charge in [0.15, 0.2) is 0 Å². The summed E-state index contributed by atoms with van der Waals surface area (Å²) in [6, 6.07) is -0.722. The van der Waals surface area contributed by atoms with E-state index in [4.69, 9.17) is 9.84 Å². The molecule has 1 unspecified atom stereocenters. The van der Waals surface area contributed by atoms with Crippen LogP contribution in [0.1, 0.15) is 13.3 Å². The number of rotatable bonds is 9. The van der Waals surface area contributed by atoms with Gasteiger partial charge in [-0.25, -0.2) is 4.79 Å². The summed E-state index contributed by atoms with van der Waals surface area (Å²) >= 11 is 4.97. The van der Waals surface area contributed by atoms with Crippen molar-refractivity contribution < 1.29 is 24.2 Å². The van der Waals surface area contributed by atoms with Crippen LogP contribution in [0.2, 0.25) is 0 Å². The average Bonchev–Trinajstić information content (AvgIpc) is 2.28. The Morgan fingerprint density at radius 3 is 2.56 bits per heavy atom. The zero-order valence-electron chi connectivity index (χ0n) is 10.0. The highest BCUT2D eigenvalue weighted by Gasteiger charge is 2.21. The Kier molecular flexibility index (Phi) is 9.57. The molecule has 1 atom stereocenters. The van der Waals surface area contributed by atoms with E-state index in [0.29, 0.717) is 12.2 Å². The van der Waals surface area contributed by atoms with Crippen molar-refractivity contribution >= 4 is 42.2 Å². The highest BCUT2D eigenvalue weighted by Crippen LogP contribution is 2.02. The third-order valence-corrected chi connectivity index (χ3v) is 2.96. The number of hydrogen-bond acceptors (Lipinski definition) is 6. The van der Waals surface area contributed by atoms with Gasteiger partial charge in [0, 0.05) is 0 Å². The van der Waals surface area contributed by atoms with Gasteiger partial charge in [-0.05, 0) is 19.1 Å². The third-order valence-electron chi connectivity index (χ3n) is 1.78. The molecule has 0 aromatic carbocycles. The lowest BCUT2D eigenvalue weighted by Gasteiger charge is -2.16. The molecule has 0 aliphatic rings. The Morgan fingerprint density at radius 2 is 2.06 bits per heavy atom. The lowest BCUT2D eigenvalue weighted by molar-refractivity contribution is -0.147. The largest absolute Gasteiger partial charge is 0.481 e. The van der Waals surface area contributed by atoms with Crippen LogP contribution < -0.4 is 5.32 Å². The monoisotopic (exact) mass is 295 g/mol. The number of hydrogen-bond donors (Lipinski definition) is 3. The minimum atomic E-state index is -0.981. The summed E-state index contributed by atoms with van der Waals surface area (Å²) in [6.07, 6.45) is 0.372. The second-order valence-electron chi connectivity index (χ2n) is 3.27. The van der Waals surface area contributed by atoms with E-state index >= 15 is 0 Å². The lowest BCUT2D eigenvalue weighted by Crippen LogP contribution is -2.43. The van der Waals surface area contributed by atoms with Crippen LogP contribution in [-0.2, 0) is 19.1 Å². The van der Waals surface area contributed by atoms with Crippen LogP contribution in [-0.4, -0.2) is 52.9 Å². The van der Waals surface area contributed by atoms with Crippen LogP contribution in [0, 0.1) is 0 Å². The fourth-order valence-electron chi connectivity index (χ4n) is 1.09. The van der Waals surface area contributed by atoms with E-state index in [0.717, 1.165) is 11.8 Å². The molecule has 0 bridgehead atoms. The Bertz CT molecular complexity index is 298. The van der Waals surface area contributed by atoms with Gasteiger partial charge >= 0.3 is 11.9 Å². The molecule has 0 aromatic rings. The zero-order valence-corrected chi connectivity index (χ0v) is 11.8. The number of thiol groups is 1. The number of thioether (sulfide) groups is 1. The topological polar surface area (TPSA) is 92.7 Å². The molecule has 0 saturated heterocycles. The van der Waals surface area contributed by atoms with Crippen LogP contribution in [0.15, 0.2) is 0 Å². The van der Waals surface area contributed by atoms with Gasteiger partial charge in [0.2, 0.25) is 5.91 Å². The van der Waals surface area contributed by atoms with Crippen LogP contribution >= 0.6 is 24.4 Å². The van der Waals surface area contributed by atoms with E-state index in [2.05, 4.69) is 17.9 Å². The minimum absolute atomic E-state index is 0.00518. The molecule has 0 aromatic heterocycles. The Labute approximate surface area is 115 Å². The second-order valence-corrected chi connectivity index (χ2v) is 4.70. The Hall–Kier alpha value is -0.890. The molecule has 0 rings (SSSR count). The van der Waals surface area contributed by atoms with Gasteiger partial charge in [0.25, 0.3) is 0 Å². The number of nitrogens with one attached hydrogen (secondary N) is 1. The van der Waals surface area contributed by atoms with Crippen molar-refractivity contribution in [3.05, 3.63) is 0 Å². The highest BCUT2D eigenvalue weighted by molar-refractivity contribution is 8.00. The first-order valence-electron chi connectivity index (χ1n) is 5.37. The van der Waals surface area contributed by atoms with Gasteiger partial charge in [-0.2, -0.15) is 12.6 Å². The van der Waals surface area contributed by atoms with Crippen LogP contribution in [0.3, 0.4) is 0 Å². The van der Waals surface area contributed by atoms with Crippen LogP contribution in [0.25, 0.3) is 0 Å². The molecular formula is C10H17NO5S2. The van der Waals surface area contributed by atoms with Gasteiger partial charge in [0.1, 0.15) is 6.04 Å². The molecule has 0 aliphatic carbocycles. The summed E-state index contributed by atoms with van der Waals surface area (Å²) in [5, 5.41) is 10.9. The van der Waals surface area contributed by atoms with E-state index in [-0.39, 0.29) is 24.0 Å². The lowest BCUT2D eigenvalue weighted by atomic mass is 10.2. The molecular weight excluding hydrogens is 278 g/mol. The fraction of sp³-hybridized carbons (Fsp3) is 0.700. The summed E-state index contributed by atoms with van der Waals surface area (Å²) in [6.45, 7) is 1.92. The van der Waals surface area contributed by atoms with Crippen LogP contribution in [0.5, 0.6) is 0 Å². The maximum Gasteiger partial charge on any atom is 0.328 e. The molecule has 0 heterocycles. The Morgan fingerprint density at radius 1 is 1.39 bits per heavy atom. The summed E-state index contributed by atoms with van der Waals surface area (Å²) in [7, 11) is 0. The number of amides is 1. The first kappa shape index (κ1) is 17.1. The number of carboxylic acid groups (broad SMARTS) is 1. The molecule has 0 radical (unpaired) electrons. The van der Waals surface area contributed by atoms with Gasteiger partial charge in [-0.1, -0.05) is 0 Å². The summed E-state index contributed by atoms with van der Waals surface area (Å²) in [5.74, 6) is -1.58. The number of carbonyl (C=O) groups is 3. The molecule has 6 nitrogen and oxygen atoms in total. The maximum absolute atomic E-state index is 11.5. The van der Waals surface area contributed by atoms with Crippen molar-refractivity contribution in [2.75, 3.05) is 23.9 Å². The predicted octanol–water partition coefficient (Wildman–Crippen LogP) is 0.172. The minimum Gasteiger partial charge on any atom is -0.481 e. The second kappa shape index (κ2) is 10.1. The average molecular weight is 295 g/mol. The van der Waals surface area contributed by atoms with E-state index in [1.54, 1.807) is 6.92 Å². The maximum atomic E-state index is 11.5. The SMILES string of the molecule is CCOC(=O)C(CCS)NC(=O)CSCC(=O)O. The zero-order chi connectivity index (χ0) is 14.0. The summed E-state index contributed by atoms with van der Waals surface area (Å²) in [5.41, 5.74) is 0. The summed E-state index contributed by atoms with van der Waals surface area (Å²) < 4.78 is 4.81. The van der Waals surface area contributed by atoms with E-state index in [9.17, 15) is 14.4 Å². The molecule has 0 aliphatic heterocycles. The molecule has 8 heteroatoms. The number of carboxylic acids is 1. The number of ether oxygens (including phenoxy) is 1. The van der Waals surface area contributed by atoms with Crippen molar-refractivity contribution in [3.8, 4) is 0 Å². The van der Waals surface area contributed by atoms with Crippen molar-refractivity contribution in [1.82, 2.24) is 5.32 Å². The third kappa shape index (κ3) is 8.24. The van der Waals surface area contributed by atoms with Crippen molar-refractivity contribution in [2.45, 2.75) is 19.4 Å². The molecule has 18 heavy (non-hydrogen) atoms. The summed E-state index contributed by atoms with van der Waals surface area (Å²) in [4.78, 5) is 33.2. The van der Waals surface area contributed by atoms with Gasteiger partial charge in [0.05, 0.1) is 18.1 Å². The number of carbonyl (C=O) groups excluding carboxylic acids is 2. The molecule has 0 fully saturated rings. The predicted molar refractivity (Wildman–Crippen MR) is 72.0 cm³/mol. The number of aliphatic carboxylic acids is 1. The van der Waals surface area contributed by atoms with E-state index in [1.165, 1.54) is 0 Å². The number of esters is 1. The van der Waals surface area contributed by atoms with Crippen molar-refractivity contribution in [1.29, 1.82) is 0 Å². The van der Waals surface area contributed by atoms with Crippen LogP contribution in [0.4, 0.5) is 0 Å². The first-order chi connectivity index (χ1) is 8.51. The van der Waals surface area contributed by atoms with E-state index < -0.39 is 18.0 Å². The molecule has 2 N–H and O–H groups in total. The van der Waals surface area contributed by atoms with Crippen molar-refractivity contribution in [2.24, 2.45) is 0 Å². The van der Waals surface area contributed by atoms with Gasteiger partial charge < -0.3 is 15.2 Å². The highest BCUT2D eigenvalue weighted by atomic mass is 32.2. The normalized spacial score (nSPS) is 11.7. The molecule has 1 amide bonds. The molecule has 0 spiro atoms. The standard InChI is InChI=1S/C10H17NO5S2/c1-2-16-10(15)7(3-4-17)11-8(12)5-18-6-9(13)14/h7,17H,2-6H2,1H3,(H,11,12)(H,13,14). The Balaban J connectivity index is 4.10. The molecule has 104 valence electrons. The van der Waals surface area contributed by atoms with E-state index in [1.807, 2.05) is 0 Å². The fourth-order valence-corrected chi connectivity index (χ4v) is 1.89.